The molecule has 0 atom stereocenters. The quantitative estimate of drug-likeness (QED) is 0.654. The number of rotatable bonds is 2. The third-order valence-electron chi connectivity index (χ3n) is 2.40. The lowest BCUT2D eigenvalue weighted by molar-refractivity contribution is -0.384. The van der Waals surface area contributed by atoms with Crippen LogP contribution in [0.15, 0.2) is 18.2 Å². The molecule has 8 heteroatoms. The van der Waals surface area contributed by atoms with Crippen molar-refractivity contribution in [2.75, 3.05) is 5.73 Å². The van der Waals surface area contributed by atoms with Gasteiger partial charge in [0.25, 0.3) is 5.69 Å². The zero-order valence-electron chi connectivity index (χ0n) is 9.22. The molecule has 2 N–H and O–H groups in total. The summed E-state index contributed by atoms with van der Waals surface area (Å²) in [6.45, 7) is 0. The Morgan fingerprint density at radius 1 is 1.39 bits per heavy atom. The number of benzene rings is 1. The minimum absolute atomic E-state index is 0.0146. The molecule has 0 amide bonds. The number of nitrogens with two attached hydrogens (primary N) is 1. The van der Waals surface area contributed by atoms with E-state index in [0.29, 0.717) is 12.1 Å². The molecule has 6 nitrogen and oxygen atoms in total. The number of anilines is 1. The van der Waals surface area contributed by atoms with Gasteiger partial charge in [-0.2, -0.15) is 5.10 Å². The van der Waals surface area contributed by atoms with Gasteiger partial charge >= 0.3 is 0 Å². The third kappa shape index (κ3) is 1.88. The van der Waals surface area contributed by atoms with Crippen molar-refractivity contribution in [3.05, 3.63) is 39.9 Å². The van der Waals surface area contributed by atoms with Crippen molar-refractivity contribution in [1.29, 1.82) is 0 Å². The van der Waals surface area contributed by atoms with E-state index in [9.17, 15) is 18.9 Å². The summed E-state index contributed by atoms with van der Waals surface area (Å²) in [6, 6.07) is 2.49. The van der Waals surface area contributed by atoms with Crippen LogP contribution >= 0.6 is 0 Å². The molecule has 0 aliphatic carbocycles. The first-order valence-electron chi connectivity index (χ1n) is 4.83. The molecule has 94 valence electrons. The maximum Gasteiger partial charge on any atom is 0.284 e. The summed E-state index contributed by atoms with van der Waals surface area (Å²) in [5.41, 5.74) is 4.43. The summed E-state index contributed by atoms with van der Waals surface area (Å²) in [5, 5.41) is 14.6. The van der Waals surface area contributed by atoms with E-state index < -0.39 is 22.2 Å². The molecule has 0 radical (unpaired) electrons. The minimum Gasteiger partial charge on any atom is -0.384 e. The molecule has 0 fully saturated rings. The zero-order valence-corrected chi connectivity index (χ0v) is 9.22. The fourth-order valence-electron chi connectivity index (χ4n) is 1.56. The number of nitrogen functional groups attached to an aromatic ring is 1. The van der Waals surface area contributed by atoms with Crippen molar-refractivity contribution in [2.24, 2.45) is 7.05 Å². The van der Waals surface area contributed by atoms with E-state index in [1.807, 2.05) is 0 Å². The number of nitro groups is 1. The summed E-state index contributed by atoms with van der Waals surface area (Å²) in [5.74, 6) is -1.87. The van der Waals surface area contributed by atoms with Gasteiger partial charge in [0.1, 0.15) is 28.7 Å². The smallest absolute Gasteiger partial charge is 0.284 e. The highest BCUT2D eigenvalue weighted by Crippen LogP contribution is 2.33. The molecule has 0 saturated heterocycles. The Kier molecular flexibility index (Phi) is 2.70. The molecule has 0 bridgehead atoms. The number of hydrogen-bond acceptors (Lipinski definition) is 4. The molecule has 1 aromatic heterocycles. The van der Waals surface area contributed by atoms with Crippen molar-refractivity contribution < 1.29 is 13.7 Å². The van der Waals surface area contributed by atoms with E-state index in [2.05, 4.69) is 5.10 Å². The highest BCUT2D eigenvalue weighted by atomic mass is 19.1. The Hall–Kier alpha value is -2.51. The number of aromatic nitrogens is 2. The fraction of sp³-hybridized carbons (Fsp3) is 0.100. The number of halogens is 2. The van der Waals surface area contributed by atoms with E-state index >= 15 is 0 Å². The molecule has 0 spiro atoms. The Balaban J connectivity index is 2.73. The van der Waals surface area contributed by atoms with Gasteiger partial charge in [-0.15, -0.1) is 0 Å². The predicted octanol–water partition coefficient (Wildman–Crippen LogP) is 1.86. The van der Waals surface area contributed by atoms with Crippen LogP contribution < -0.4 is 5.73 Å². The molecule has 0 unspecified atom stereocenters. The van der Waals surface area contributed by atoms with Gasteiger partial charge in [-0.1, -0.05) is 0 Å². The number of aryl methyl sites for hydroxylation is 1. The average Bonchev–Trinajstić information content (AvgIpc) is 2.57. The Morgan fingerprint density at radius 2 is 2.06 bits per heavy atom. The first-order valence-corrected chi connectivity index (χ1v) is 4.83. The van der Waals surface area contributed by atoms with E-state index in [-0.39, 0.29) is 17.1 Å². The Labute approximate surface area is 99.8 Å². The summed E-state index contributed by atoms with van der Waals surface area (Å²) in [4.78, 5) is 9.93. The average molecular weight is 254 g/mol. The van der Waals surface area contributed by atoms with E-state index in [1.54, 1.807) is 0 Å². The monoisotopic (exact) mass is 254 g/mol. The van der Waals surface area contributed by atoms with Crippen LogP contribution in [-0.4, -0.2) is 14.7 Å². The fourth-order valence-corrected chi connectivity index (χ4v) is 1.56. The van der Waals surface area contributed by atoms with Crippen molar-refractivity contribution in [2.45, 2.75) is 0 Å². The third-order valence-corrected chi connectivity index (χ3v) is 2.40. The van der Waals surface area contributed by atoms with Crippen LogP contribution in [0.5, 0.6) is 0 Å². The van der Waals surface area contributed by atoms with Gasteiger partial charge in [0.2, 0.25) is 0 Å². The van der Waals surface area contributed by atoms with E-state index in [1.165, 1.54) is 17.8 Å². The summed E-state index contributed by atoms with van der Waals surface area (Å²) in [7, 11) is 1.51. The molecule has 18 heavy (non-hydrogen) atoms. The van der Waals surface area contributed by atoms with Crippen molar-refractivity contribution in [3.63, 3.8) is 0 Å². The van der Waals surface area contributed by atoms with E-state index in [4.69, 9.17) is 5.73 Å². The highest BCUT2D eigenvalue weighted by molar-refractivity contribution is 5.72. The summed E-state index contributed by atoms with van der Waals surface area (Å²) in [6.07, 6.45) is 0. The molecule has 0 saturated carbocycles. The lowest BCUT2D eigenvalue weighted by Crippen LogP contribution is -1.99. The standard InChI is InChI=1S/C10H8F2N4O2/c1-15-9(13)4-7(14-15)10-6(12)2-5(11)3-8(10)16(17)18/h2-4H,13H2,1H3. The van der Waals surface area contributed by atoms with Crippen LogP contribution in [0.2, 0.25) is 0 Å². The SMILES string of the molecule is Cn1nc(-c2c(F)cc(F)cc2[N+](=O)[O-])cc1N. The molecule has 0 aliphatic heterocycles. The van der Waals surface area contributed by atoms with Crippen LogP contribution in [0.1, 0.15) is 0 Å². The molecule has 1 heterocycles. The van der Waals surface area contributed by atoms with Crippen LogP contribution in [0.4, 0.5) is 20.3 Å². The normalized spacial score (nSPS) is 10.6. The predicted molar refractivity (Wildman–Crippen MR) is 59.6 cm³/mol. The van der Waals surface area contributed by atoms with Gasteiger partial charge in [-0.3, -0.25) is 14.8 Å². The highest BCUT2D eigenvalue weighted by Gasteiger charge is 2.24. The topological polar surface area (TPSA) is 87.0 Å². The maximum absolute atomic E-state index is 13.7. The number of hydrogen-bond donors (Lipinski definition) is 1. The van der Waals surface area contributed by atoms with Gasteiger partial charge in [0.05, 0.1) is 11.0 Å². The van der Waals surface area contributed by atoms with Gasteiger partial charge in [-0.05, 0) is 0 Å². The van der Waals surface area contributed by atoms with Gasteiger partial charge in [0, 0.05) is 19.2 Å². The summed E-state index contributed by atoms with van der Waals surface area (Å²) >= 11 is 0. The largest absolute Gasteiger partial charge is 0.384 e. The molecule has 2 aromatic rings. The summed E-state index contributed by atoms with van der Waals surface area (Å²) < 4.78 is 27.9. The van der Waals surface area contributed by atoms with Crippen molar-refractivity contribution >= 4 is 11.5 Å². The molecular formula is C10H8F2N4O2. The second kappa shape index (κ2) is 4.06. The molecular weight excluding hydrogens is 246 g/mol. The van der Waals surface area contributed by atoms with Gasteiger partial charge in [-0.25, -0.2) is 8.78 Å². The number of nitrogens with zero attached hydrogens (tertiary/aromatic N) is 3. The minimum atomic E-state index is -1.06. The lowest BCUT2D eigenvalue weighted by atomic mass is 10.1. The van der Waals surface area contributed by atoms with E-state index in [0.717, 1.165) is 0 Å². The van der Waals surface area contributed by atoms with Crippen LogP contribution in [0.3, 0.4) is 0 Å². The first-order chi connectivity index (χ1) is 8.40. The first kappa shape index (κ1) is 12.0. The molecule has 1 aromatic carbocycles. The zero-order chi connectivity index (χ0) is 13.4. The second-order valence-corrected chi connectivity index (χ2v) is 3.62. The Bertz CT molecular complexity index is 620. The van der Waals surface area contributed by atoms with Crippen molar-refractivity contribution in [1.82, 2.24) is 9.78 Å². The maximum atomic E-state index is 13.7. The van der Waals surface area contributed by atoms with Crippen LogP contribution in [0.25, 0.3) is 11.3 Å². The van der Waals surface area contributed by atoms with Crippen molar-refractivity contribution in [3.8, 4) is 11.3 Å². The molecule has 2 rings (SSSR count). The van der Waals surface area contributed by atoms with Crippen LogP contribution in [0, 0.1) is 21.7 Å². The Morgan fingerprint density at radius 3 is 2.56 bits per heavy atom. The molecule has 0 aliphatic rings. The van der Waals surface area contributed by atoms with Gasteiger partial charge in [0.15, 0.2) is 0 Å². The second-order valence-electron chi connectivity index (χ2n) is 3.62. The number of nitro benzene ring substituents is 1. The lowest BCUT2D eigenvalue weighted by Gasteiger charge is -2.01. The van der Waals surface area contributed by atoms with Gasteiger partial charge < -0.3 is 5.73 Å². The van der Waals surface area contributed by atoms with Crippen LogP contribution in [-0.2, 0) is 7.05 Å².